The van der Waals surface area contributed by atoms with Gasteiger partial charge in [-0.05, 0) is 42.4 Å². The largest absolute Gasteiger partial charge is 0.344 e. The lowest BCUT2D eigenvalue weighted by Crippen LogP contribution is -2.34. The Hall–Kier alpha value is -2.95. The molecule has 0 saturated heterocycles. The molecule has 1 aromatic heterocycles. The van der Waals surface area contributed by atoms with Crippen molar-refractivity contribution in [1.82, 2.24) is 15.1 Å². The van der Waals surface area contributed by atoms with Crippen molar-refractivity contribution in [3.63, 3.8) is 0 Å². The zero-order chi connectivity index (χ0) is 19.7. The summed E-state index contributed by atoms with van der Waals surface area (Å²) >= 11 is 0. The van der Waals surface area contributed by atoms with Gasteiger partial charge in [0.2, 0.25) is 0 Å². The smallest absolute Gasteiger partial charge is 0.274 e. The van der Waals surface area contributed by atoms with Crippen LogP contribution in [0.2, 0.25) is 0 Å². The molecule has 0 unspecified atom stereocenters. The van der Waals surface area contributed by atoms with Gasteiger partial charge in [0.05, 0.1) is 11.4 Å². The second-order valence-electron chi connectivity index (χ2n) is 7.89. The van der Waals surface area contributed by atoms with Gasteiger partial charge >= 0.3 is 0 Å². The van der Waals surface area contributed by atoms with Crippen LogP contribution in [0, 0.1) is 5.92 Å². The minimum absolute atomic E-state index is 0.0245. The van der Waals surface area contributed by atoms with Crippen LogP contribution in [0.15, 0.2) is 53.3 Å². The molecule has 0 saturated carbocycles. The number of nitrogens with one attached hydrogen (secondary N) is 1. The van der Waals surface area contributed by atoms with Crippen molar-refractivity contribution in [2.75, 3.05) is 0 Å². The number of amides is 1. The van der Waals surface area contributed by atoms with Crippen LogP contribution >= 0.6 is 0 Å². The molecular weight excluding hydrogens is 350 g/mol. The lowest BCUT2D eigenvalue weighted by atomic mass is 9.87. The maximum Gasteiger partial charge on any atom is 0.274 e. The van der Waals surface area contributed by atoms with E-state index in [9.17, 15) is 9.59 Å². The highest BCUT2D eigenvalue weighted by Crippen LogP contribution is 2.29. The van der Waals surface area contributed by atoms with Crippen LogP contribution in [0.5, 0.6) is 0 Å². The highest BCUT2D eigenvalue weighted by molar-refractivity contribution is 6.04. The van der Waals surface area contributed by atoms with Crippen molar-refractivity contribution in [3.8, 4) is 0 Å². The highest BCUT2D eigenvalue weighted by Gasteiger charge is 2.24. The van der Waals surface area contributed by atoms with E-state index in [0.29, 0.717) is 23.0 Å². The number of aryl methyl sites for hydroxylation is 1. The lowest BCUT2D eigenvalue weighted by molar-refractivity contribution is 0.0927. The van der Waals surface area contributed by atoms with E-state index in [1.165, 1.54) is 15.8 Å². The molecule has 3 aromatic rings. The first-order chi connectivity index (χ1) is 13.5. The van der Waals surface area contributed by atoms with E-state index in [-0.39, 0.29) is 23.4 Å². The molecular formula is C23H25N3O2. The molecule has 1 heterocycles. The average molecular weight is 375 g/mol. The maximum atomic E-state index is 13.2. The fourth-order valence-electron chi connectivity index (χ4n) is 4.00. The van der Waals surface area contributed by atoms with E-state index in [4.69, 9.17) is 0 Å². The molecule has 1 atom stereocenters. The molecule has 144 valence electrons. The molecule has 4 rings (SSSR count). The summed E-state index contributed by atoms with van der Waals surface area (Å²) in [5.41, 5.74) is 2.64. The Labute approximate surface area is 164 Å². The number of benzene rings is 2. The average Bonchev–Trinajstić information content (AvgIpc) is 2.70. The molecule has 1 N–H and O–H groups in total. The number of aromatic nitrogens is 2. The summed E-state index contributed by atoms with van der Waals surface area (Å²) in [5.74, 6) is 0.0305. The van der Waals surface area contributed by atoms with Gasteiger partial charge in [0.15, 0.2) is 5.69 Å². The lowest BCUT2D eigenvalue weighted by Gasteiger charge is -2.26. The summed E-state index contributed by atoms with van der Waals surface area (Å²) < 4.78 is 1.43. The van der Waals surface area contributed by atoms with E-state index >= 15 is 0 Å². The second-order valence-corrected chi connectivity index (χ2v) is 7.89. The summed E-state index contributed by atoms with van der Waals surface area (Å²) in [5, 5.41) is 8.76. The van der Waals surface area contributed by atoms with Gasteiger partial charge in [-0.2, -0.15) is 5.10 Å². The number of hydrogen-bond acceptors (Lipinski definition) is 3. The van der Waals surface area contributed by atoms with Gasteiger partial charge in [-0.15, -0.1) is 0 Å². The molecule has 5 nitrogen and oxygen atoms in total. The standard InChI is InChI=1S/C23H25N3O2/c1-15(2)14-26-23(28)19-12-6-5-11-18(19)21(25-26)22(27)24-20-13-7-9-16-8-3-4-10-17(16)20/h3-6,8,10-12,15,20H,7,9,13-14H2,1-2H3,(H,24,27)/t20-/m1/s1. The van der Waals surface area contributed by atoms with Crippen LogP contribution < -0.4 is 10.9 Å². The Kier molecular flexibility index (Phi) is 4.99. The number of carbonyl (C=O) groups is 1. The minimum Gasteiger partial charge on any atom is -0.344 e. The number of carbonyl (C=O) groups excluding carboxylic acids is 1. The predicted octanol–water partition coefficient (Wildman–Crippen LogP) is 3.86. The maximum absolute atomic E-state index is 13.2. The molecule has 0 bridgehead atoms. The van der Waals surface area contributed by atoms with Crippen LogP contribution in [0.25, 0.3) is 10.8 Å². The minimum atomic E-state index is -0.226. The third-order valence-electron chi connectivity index (χ3n) is 5.30. The van der Waals surface area contributed by atoms with E-state index < -0.39 is 0 Å². The van der Waals surface area contributed by atoms with Gasteiger partial charge in [-0.3, -0.25) is 9.59 Å². The predicted molar refractivity (Wildman–Crippen MR) is 110 cm³/mol. The topological polar surface area (TPSA) is 64.0 Å². The van der Waals surface area contributed by atoms with Gasteiger partial charge in [0, 0.05) is 11.9 Å². The number of hydrogen-bond donors (Lipinski definition) is 1. The first-order valence-corrected chi connectivity index (χ1v) is 9.93. The van der Waals surface area contributed by atoms with Gasteiger partial charge in [0.25, 0.3) is 11.5 Å². The summed E-state index contributed by atoms with van der Waals surface area (Å²) in [7, 11) is 0. The van der Waals surface area contributed by atoms with E-state index in [0.717, 1.165) is 19.3 Å². The van der Waals surface area contributed by atoms with Crippen LogP contribution in [-0.4, -0.2) is 15.7 Å². The summed E-state index contributed by atoms with van der Waals surface area (Å²) in [6, 6.07) is 15.5. The molecule has 0 fully saturated rings. The van der Waals surface area contributed by atoms with Gasteiger partial charge in [0.1, 0.15) is 0 Å². The fraction of sp³-hybridized carbons (Fsp3) is 0.348. The summed E-state index contributed by atoms with van der Waals surface area (Å²) in [4.78, 5) is 26.0. The second kappa shape index (κ2) is 7.58. The van der Waals surface area contributed by atoms with Crippen LogP contribution in [0.4, 0.5) is 0 Å². The van der Waals surface area contributed by atoms with Crippen LogP contribution in [-0.2, 0) is 13.0 Å². The van der Waals surface area contributed by atoms with Gasteiger partial charge in [-0.1, -0.05) is 56.3 Å². The van der Waals surface area contributed by atoms with Crippen molar-refractivity contribution in [3.05, 3.63) is 75.7 Å². The van der Waals surface area contributed by atoms with Crippen molar-refractivity contribution in [2.45, 2.75) is 45.7 Å². The van der Waals surface area contributed by atoms with Crippen molar-refractivity contribution < 1.29 is 4.79 Å². The molecule has 5 heteroatoms. The highest BCUT2D eigenvalue weighted by atomic mass is 16.2. The zero-order valence-corrected chi connectivity index (χ0v) is 16.3. The van der Waals surface area contributed by atoms with Crippen molar-refractivity contribution in [2.24, 2.45) is 5.92 Å². The third kappa shape index (κ3) is 3.44. The van der Waals surface area contributed by atoms with Gasteiger partial charge < -0.3 is 5.32 Å². The first kappa shape index (κ1) is 18.4. The summed E-state index contributed by atoms with van der Waals surface area (Å²) in [6.45, 7) is 4.54. The van der Waals surface area contributed by atoms with E-state index in [2.05, 4.69) is 22.5 Å². The van der Waals surface area contributed by atoms with Crippen molar-refractivity contribution >= 4 is 16.7 Å². The van der Waals surface area contributed by atoms with Crippen molar-refractivity contribution in [1.29, 1.82) is 0 Å². The third-order valence-corrected chi connectivity index (χ3v) is 5.30. The van der Waals surface area contributed by atoms with Crippen LogP contribution in [0.1, 0.15) is 54.3 Å². The van der Waals surface area contributed by atoms with E-state index in [1.54, 1.807) is 12.1 Å². The Balaban J connectivity index is 1.74. The molecule has 28 heavy (non-hydrogen) atoms. The molecule has 2 aromatic carbocycles. The molecule has 1 amide bonds. The van der Waals surface area contributed by atoms with Crippen LogP contribution in [0.3, 0.4) is 0 Å². The molecule has 1 aliphatic carbocycles. The molecule has 1 aliphatic rings. The number of rotatable bonds is 4. The SMILES string of the molecule is CC(C)Cn1nc(C(=O)N[C@@H]2CCCc3ccccc32)c2ccccc2c1=O. The van der Waals surface area contributed by atoms with E-state index in [1.807, 2.05) is 38.1 Å². The monoisotopic (exact) mass is 375 g/mol. The normalized spacial score (nSPS) is 16.2. The quantitative estimate of drug-likeness (QED) is 0.753. The van der Waals surface area contributed by atoms with Gasteiger partial charge in [-0.25, -0.2) is 4.68 Å². The Morgan fingerprint density at radius 2 is 1.86 bits per heavy atom. The Bertz CT molecular complexity index is 1080. The number of fused-ring (bicyclic) bond motifs is 2. The molecule has 0 spiro atoms. The first-order valence-electron chi connectivity index (χ1n) is 9.93. The summed E-state index contributed by atoms with van der Waals surface area (Å²) in [6.07, 6.45) is 3.00. The molecule has 0 radical (unpaired) electrons. The molecule has 0 aliphatic heterocycles. The Morgan fingerprint density at radius 1 is 1.14 bits per heavy atom. The fourth-order valence-corrected chi connectivity index (χ4v) is 4.00. The number of nitrogens with zero attached hydrogens (tertiary/aromatic N) is 2. The Morgan fingerprint density at radius 3 is 2.64 bits per heavy atom. The zero-order valence-electron chi connectivity index (χ0n) is 16.3.